The maximum absolute atomic E-state index is 13.1. The van der Waals surface area contributed by atoms with E-state index < -0.39 is 6.04 Å². The standard InChI is InChI=1S/C20H24N2O3S2/c1-14(18(24)21-11-6-5-9-16(21)10-12-23)22-19(25)17(27-20(22)26)13-15-7-3-2-4-8-15/h2-4,7-8,13-14,16,23H,5-6,9-12H2,1H3/b17-13-/t14-,16+/m1/s1. The van der Waals surface area contributed by atoms with Crippen LogP contribution in [0.4, 0.5) is 0 Å². The highest BCUT2D eigenvalue weighted by atomic mass is 32.2. The summed E-state index contributed by atoms with van der Waals surface area (Å²) >= 11 is 6.64. The van der Waals surface area contributed by atoms with Gasteiger partial charge in [0.15, 0.2) is 0 Å². The molecule has 5 nitrogen and oxygen atoms in total. The van der Waals surface area contributed by atoms with Crippen LogP contribution in [0.3, 0.4) is 0 Å². The fourth-order valence-electron chi connectivity index (χ4n) is 3.60. The summed E-state index contributed by atoms with van der Waals surface area (Å²) in [7, 11) is 0. The molecular weight excluding hydrogens is 380 g/mol. The van der Waals surface area contributed by atoms with Gasteiger partial charge in [-0.3, -0.25) is 14.5 Å². The van der Waals surface area contributed by atoms with Crippen molar-refractivity contribution in [1.29, 1.82) is 0 Å². The molecule has 1 aromatic carbocycles. The number of rotatable bonds is 5. The molecule has 3 rings (SSSR count). The molecule has 2 heterocycles. The summed E-state index contributed by atoms with van der Waals surface area (Å²) in [4.78, 5) is 29.8. The predicted octanol–water partition coefficient (Wildman–Crippen LogP) is 3.04. The highest BCUT2D eigenvalue weighted by Gasteiger charge is 2.40. The summed E-state index contributed by atoms with van der Waals surface area (Å²) in [5, 5.41) is 9.29. The van der Waals surface area contributed by atoms with Crippen molar-refractivity contribution in [3.05, 3.63) is 40.8 Å². The second-order valence-corrected chi connectivity index (χ2v) is 8.51. The monoisotopic (exact) mass is 404 g/mol. The molecule has 0 spiro atoms. The summed E-state index contributed by atoms with van der Waals surface area (Å²) in [5.41, 5.74) is 0.927. The second-order valence-electron chi connectivity index (χ2n) is 6.83. The van der Waals surface area contributed by atoms with Crippen LogP contribution in [-0.4, -0.2) is 56.3 Å². The average molecular weight is 405 g/mol. The van der Waals surface area contributed by atoms with E-state index >= 15 is 0 Å². The Morgan fingerprint density at radius 1 is 1.37 bits per heavy atom. The van der Waals surface area contributed by atoms with E-state index in [0.29, 0.717) is 22.2 Å². The van der Waals surface area contributed by atoms with Crippen LogP contribution < -0.4 is 0 Å². The van der Waals surface area contributed by atoms with E-state index in [1.807, 2.05) is 41.3 Å². The third-order valence-corrected chi connectivity index (χ3v) is 6.37. The van der Waals surface area contributed by atoms with E-state index in [2.05, 4.69) is 0 Å². The van der Waals surface area contributed by atoms with Crippen LogP contribution in [0.2, 0.25) is 0 Å². The molecule has 2 fully saturated rings. The molecule has 2 saturated heterocycles. The molecule has 144 valence electrons. The number of aliphatic hydroxyl groups excluding tert-OH is 1. The lowest BCUT2D eigenvalue weighted by molar-refractivity contribution is -0.142. The van der Waals surface area contributed by atoms with Crippen LogP contribution in [0, 0.1) is 0 Å². The Morgan fingerprint density at radius 2 is 2.11 bits per heavy atom. The van der Waals surface area contributed by atoms with Crippen LogP contribution in [0.25, 0.3) is 6.08 Å². The van der Waals surface area contributed by atoms with Gasteiger partial charge in [-0.15, -0.1) is 0 Å². The average Bonchev–Trinajstić information content (AvgIpc) is 2.95. The van der Waals surface area contributed by atoms with Crippen molar-refractivity contribution in [2.24, 2.45) is 0 Å². The minimum atomic E-state index is -0.640. The van der Waals surface area contributed by atoms with Crippen molar-refractivity contribution in [3.63, 3.8) is 0 Å². The molecule has 2 atom stereocenters. The summed E-state index contributed by atoms with van der Waals surface area (Å²) < 4.78 is 0.416. The molecule has 1 N–H and O–H groups in total. The molecule has 1 aromatic rings. The van der Waals surface area contributed by atoms with Gasteiger partial charge in [0.05, 0.1) is 4.91 Å². The van der Waals surface area contributed by atoms with Gasteiger partial charge in [0.2, 0.25) is 5.91 Å². The molecular formula is C20H24N2O3S2. The fourth-order valence-corrected chi connectivity index (χ4v) is 5.02. The summed E-state index contributed by atoms with van der Waals surface area (Å²) in [6.07, 6.45) is 5.29. The van der Waals surface area contributed by atoms with Crippen molar-refractivity contribution in [2.75, 3.05) is 13.2 Å². The number of carbonyl (C=O) groups excluding carboxylic acids is 2. The molecule has 2 aliphatic rings. The van der Waals surface area contributed by atoms with Crippen molar-refractivity contribution in [2.45, 2.75) is 44.7 Å². The van der Waals surface area contributed by atoms with Gasteiger partial charge in [0, 0.05) is 19.2 Å². The molecule has 27 heavy (non-hydrogen) atoms. The van der Waals surface area contributed by atoms with Gasteiger partial charge >= 0.3 is 0 Å². The fraction of sp³-hybridized carbons (Fsp3) is 0.450. The minimum Gasteiger partial charge on any atom is -0.396 e. The molecule has 2 amide bonds. The first-order valence-electron chi connectivity index (χ1n) is 9.26. The SMILES string of the molecule is C[C@H](C(=O)N1CCCC[C@H]1CCO)N1C(=O)/C(=C/c2ccccc2)SC1=S. The molecule has 0 unspecified atom stereocenters. The van der Waals surface area contributed by atoms with E-state index in [-0.39, 0.29) is 24.5 Å². The molecule has 0 aromatic heterocycles. The molecule has 2 aliphatic heterocycles. The Kier molecular flexibility index (Phi) is 6.68. The van der Waals surface area contributed by atoms with Crippen LogP contribution >= 0.6 is 24.0 Å². The van der Waals surface area contributed by atoms with Gasteiger partial charge in [0.1, 0.15) is 10.4 Å². The van der Waals surface area contributed by atoms with Gasteiger partial charge < -0.3 is 10.0 Å². The molecule has 0 radical (unpaired) electrons. The van der Waals surface area contributed by atoms with Gasteiger partial charge in [-0.25, -0.2) is 0 Å². The second kappa shape index (κ2) is 8.99. The lowest BCUT2D eigenvalue weighted by atomic mass is 9.98. The summed E-state index contributed by atoms with van der Waals surface area (Å²) in [5.74, 6) is -0.309. The maximum Gasteiger partial charge on any atom is 0.266 e. The highest BCUT2D eigenvalue weighted by molar-refractivity contribution is 8.26. The van der Waals surface area contributed by atoms with Gasteiger partial charge in [-0.2, -0.15) is 0 Å². The molecule has 0 aliphatic carbocycles. The van der Waals surface area contributed by atoms with Gasteiger partial charge in [-0.1, -0.05) is 54.3 Å². The van der Waals surface area contributed by atoms with Gasteiger partial charge in [0.25, 0.3) is 5.91 Å². The molecule has 0 saturated carbocycles. The number of piperidine rings is 1. The third-order valence-electron chi connectivity index (χ3n) is 5.04. The largest absolute Gasteiger partial charge is 0.396 e. The van der Waals surface area contributed by atoms with E-state index in [4.69, 9.17) is 12.2 Å². The summed E-state index contributed by atoms with van der Waals surface area (Å²) in [6, 6.07) is 9.00. The first-order chi connectivity index (χ1) is 13.0. The van der Waals surface area contributed by atoms with Crippen molar-refractivity contribution >= 4 is 46.2 Å². The van der Waals surface area contributed by atoms with Crippen LogP contribution in [0.15, 0.2) is 35.2 Å². The third kappa shape index (κ3) is 4.42. The van der Waals surface area contributed by atoms with Crippen molar-refractivity contribution in [3.8, 4) is 0 Å². The van der Waals surface area contributed by atoms with Crippen molar-refractivity contribution in [1.82, 2.24) is 9.80 Å². The number of benzene rings is 1. The van der Waals surface area contributed by atoms with E-state index in [9.17, 15) is 14.7 Å². The van der Waals surface area contributed by atoms with E-state index in [1.54, 1.807) is 6.92 Å². The van der Waals surface area contributed by atoms with Crippen molar-refractivity contribution < 1.29 is 14.7 Å². The number of hydrogen-bond donors (Lipinski definition) is 1. The van der Waals surface area contributed by atoms with E-state index in [0.717, 1.165) is 24.8 Å². The number of hydrogen-bond acceptors (Lipinski definition) is 5. The summed E-state index contributed by atoms with van der Waals surface area (Å²) in [6.45, 7) is 2.47. The number of amides is 2. The first-order valence-corrected chi connectivity index (χ1v) is 10.5. The lowest BCUT2D eigenvalue weighted by Crippen LogP contribution is -2.53. The number of thioether (sulfide) groups is 1. The van der Waals surface area contributed by atoms with Gasteiger partial charge in [-0.05, 0) is 44.2 Å². The Hall–Kier alpha value is -1.70. The molecule has 7 heteroatoms. The first kappa shape index (κ1) is 20.0. The predicted molar refractivity (Wildman–Crippen MR) is 112 cm³/mol. The maximum atomic E-state index is 13.1. The minimum absolute atomic E-state index is 0.0389. The number of aliphatic hydroxyl groups is 1. The highest BCUT2D eigenvalue weighted by Crippen LogP contribution is 2.34. The molecule has 0 bridgehead atoms. The normalized spacial score (nSPS) is 23.2. The number of carbonyl (C=O) groups is 2. The lowest BCUT2D eigenvalue weighted by Gasteiger charge is -2.38. The Balaban J connectivity index is 1.76. The zero-order chi connectivity index (χ0) is 19.4. The number of nitrogens with zero attached hydrogens (tertiary/aromatic N) is 2. The smallest absolute Gasteiger partial charge is 0.266 e. The van der Waals surface area contributed by atoms with Crippen LogP contribution in [0.1, 0.15) is 38.2 Å². The topological polar surface area (TPSA) is 60.9 Å². The Labute approximate surface area is 169 Å². The van der Waals surface area contributed by atoms with Crippen LogP contribution in [-0.2, 0) is 9.59 Å². The Morgan fingerprint density at radius 3 is 2.81 bits per heavy atom. The quantitative estimate of drug-likeness (QED) is 0.604. The van der Waals surface area contributed by atoms with Crippen LogP contribution in [0.5, 0.6) is 0 Å². The van der Waals surface area contributed by atoms with E-state index in [1.165, 1.54) is 16.7 Å². The zero-order valence-electron chi connectivity index (χ0n) is 15.3. The zero-order valence-corrected chi connectivity index (χ0v) is 17.0. The number of likely N-dealkylation sites (tertiary alicyclic amines) is 1. The number of thiocarbonyl (C=S) groups is 1. The Bertz CT molecular complexity index is 749.